The van der Waals surface area contributed by atoms with Gasteiger partial charge in [0.05, 0.1) is 0 Å². The first-order valence-corrected chi connectivity index (χ1v) is 5.65. The van der Waals surface area contributed by atoms with Crippen LogP contribution < -0.4 is 4.74 Å². The molecule has 0 radical (unpaired) electrons. The van der Waals surface area contributed by atoms with Crippen molar-refractivity contribution in [2.75, 3.05) is 0 Å². The Labute approximate surface area is 105 Å². The van der Waals surface area contributed by atoms with Crippen molar-refractivity contribution >= 4 is 17.8 Å². The lowest BCUT2D eigenvalue weighted by molar-refractivity contribution is -0.146. The second-order valence-electron chi connectivity index (χ2n) is 4.88. The lowest BCUT2D eigenvalue weighted by Crippen LogP contribution is -2.24. The number of ketones is 1. The molecule has 4 heteroatoms. The van der Waals surface area contributed by atoms with Gasteiger partial charge >= 0.3 is 5.97 Å². The normalized spacial score (nSPS) is 16.3. The van der Waals surface area contributed by atoms with Gasteiger partial charge in [0.2, 0.25) is 0 Å². The van der Waals surface area contributed by atoms with Crippen LogP contribution in [0.2, 0.25) is 0 Å². The minimum Gasteiger partial charge on any atom is -0.487 e. The Bertz CT molecular complexity index is 541. The van der Waals surface area contributed by atoms with E-state index in [9.17, 15) is 9.59 Å². The molecular formula is C14H14O4. The highest BCUT2D eigenvalue weighted by Crippen LogP contribution is 2.37. The van der Waals surface area contributed by atoms with Gasteiger partial charge in [-0.2, -0.15) is 0 Å². The number of carboxylic acids is 1. The highest BCUT2D eigenvalue weighted by atomic mass is 16.5. The zero-order valence-corrected chi connectivity index (χ0v) is 10.3. The van der Waals surface area contributed by atoms with E-state index in [1.54, 1.807) is 6.07 Å². The fourth-order valence-corrected chi connectivity index (χ4v) is 2.01. The van der Waals surface area contributed by atoms with Crippen LogP contribution >= 0.6 is 0 Å². The predicted molar refractivity (Wildman–Crippen MR) is 66.5 cm³/mol. The molecule has 2 rings (SSSR count). The Morgan fingerprint density at radius 1 is 1.39 bits per heavy atom. The molecule has 1 aliphatic heterocycles. The molecule has 18 heavy (non-hydrogen) atoms. The number of ether oxygens (including phenoxy) is 1. The number of fused-ring (bicyclic) bond motifs is 1. The summed E-state index contributed by atoms with van der Waals surface area (Å²) >= 11 is 0. The van der Waals surface area contributed by atoms with Crippen LogP contribution in [0.4, 0.5) is 0 Å². The van der Waals surface area contributed by atoms with Crippen LogP contribution in [0, 0.1) is 0 Å². The molecule has 0 aromatic heterocycles. The number of carboxylic acid groups (broad SMARTS) is 1. The topological polar surface area (TPSA) is 63.6 Å². The molecule has 0 saturated heterocycles. The number of carbonyl (C=O) groups is 2. The van der Waals surface area contributed by atoms with Crippen molar-refractivity contribution < 1.29 is 19.4 Å². The number of carbonyl (C=O) groups excluding carboxylic acids is 1. The molecule has 0 bridgehead atoms. The van der Waals surface area contributed by atoms with Crippen LogP contribution in [-0.4, -0.2) is 22.5 Å². The number of aliphatic carboxylic acids is 1. The van der Waals surface area contributed by atoms with Crippen molar-refractivity contribution in [3.8, 4) is 5.75 Å². The van der Waals surface area contributed by atoms with E-state index < -0.39 is 11.8 Å². The van der Waals surface area contributed by atoms with Crippen molar-refractivity contribution in [2.24, 2.45) is 0 Å². The van der Waals surface area contributed by atoms with Crippen LogP contribution in [0.3, 0.4) is 0 Å². The molecular weight excluding hydrogens is 232 g/mol. The first-order chi connectivity index (χ1) is 8.39. The third-order valence-corrected chi connectivity index (χ3v) is 2.75. The average molecular weight is 246 g/mol. The first kappa shape index (κ1) is 12.4. The van der Waals surface area contributed by atoms with E-state index in [0.717, 1.165) is 29.4 Å². The van der Waals surface area contributed by atoms with Crippen LogP contribution in [0.15, 0.2) is 24.3 Å². The van der Waals surface area contributed by atoms with Gasteiger partial charge in [0.15, 0.2) is 0 Å². The summed E-state index contributed by atoms with van der Waals surface area (Å²) in [6, 6.07) is 5.64. The van der Waals surface area contributed by atoms with Crippen molar-refractivity contribution in [1.82, 2.24) is 0 Å². The minimum absolute atomic E-state index is 0.261. The van der Waals surface area contributed by atoms with Gasteiger partial charge in [-0.3, -0.25) is 4.79 Å². The summed E-state index contributed by atoms with van der Waals surface area (Å²) in [4.78, 5) is 21.4. The maximum absolute atomic E-state index is 11.0. The Hall–Kier alpha value is -2.10. The third kappa shape index (κ3) is 2.42. The lowest BCUT2D eigenvalue weighted by atomic mass is 10.0. The fraction of sp³-hybridized carbons (Fsp3) is 0.286. The maximum Gasteiger partial charge on any atom is 0.376 e. The van der Waals surface area contributed by atoms with Crippen molar-refractivity contribution in [1.29, 1.82) is 0 Å². The molecule has 1 heterocycles. The zero-order valence-electron chi connectivity index (χ0n) is 10.3. The van der Waals surface area contributed by atoms with Gasteiger partial charge in [-0.05, 0) is 31.6 Å². The second-order valence-corrected chi connectivity index (χ2v) is 4.88. The smallest absolute Gasteiger partial charge is 0.376 e. The van der Waals surface area contributed by atoms with Crippen LogP contribution in [0.25, 0.3) is 6.08 Å². The molecule has 1 N–H and O–H groups in total. The van der Waals surface area contributed by atoms with Crippen LogP contribution in [0.1, 0.15) is 25.0 Å². The van der Waals surface area contributed by atoms with Crippen molar-refractivity contribution in [3.05, 3.63) is 35.4 Å². The number of hydrogen-bond acceptors (Lipinski definition) is 3. The van der Waals surface area contributed by atoms with Gasteiger partial charge in [-0.25, -0.2) is 4.79 Å². The molecule has 0 aliphatic carbocycles. The molecule has 0 atom stereocenters. The van der Waals surface area contributed by atoms with Gasteiger partial charge in [0.25, 0.3) is 5.78 Å². The Kier molecular flexibility index (Phi) is 2.95. The van der Waals surface area contributed by atoms with Crippen molar-refractivity contribution in [3.63, 3.8) is 0 Å². The molecule has 0 spiro atoms. The summed E-state index contributed by atoms with van der Waals surface area (Å²) in [5.41, 5.74) is 1.54. The number of hydrogen-bond donors (Lipinski definition) is 1. The molecule has 0 saturated carbocycles. The number of rotatable bonds is 3. The molecule has 4 nitrogen and oxygen atoms in total. The van der Waals surface area contributed by atoms with Gasteiger partial charge in [0.1, 0.15) is 11.4 Å². The van der Waals surface area contributed by atoms with Gasteiger partial charge < -0.3 is 9.84 Å². The summed E-state index contributed by atoms with van der Waals surface area (Å²) in [7, 11) is 0. The van der Waals surface area contributed by atoms with Crippen molar-refractivity contribution in [2.45, 2.75) is 25.9 Å². The van der Waals surface area contributed by atoms with Gasteiger partial charge in [-0.15, -0.1) is 0 Å². The quantitative estimate of drug-likeness (QED) is 0.655. The van der Waals surface area contributed by atoms with Crippen LogP contribution in [0.5, 0.6) is 5.75 Å². The monoisotopic (exact) mass is 246 g/mol. The van der Waals surface area contributed by atoms with Gasteiger partial charge in [0, 0.05) is 12.0 Å². The van der Waals surface area contributed by atoms with E-state index in [-0.39, 0.29) is 5.60 Å². The molecule has 0 fully saturated rings. The number of benzene rings is 1. The Morgan fingerprint density at radius 2 is 2.11 bits per heavy atom. The summed E-state index contributed by atoms with van der Waals surface area (Å²) in [6.45, 7) is 3.98. The summed E-state index contributed by atoms with van der Waals surface area (Å²) in [5.74, 6) is -1.66. The molecule has 1 aromatic carbocycles. The zero-order chi connectivity index (χ0) is 13.3. The summed E-state index contributed by atoms with van der Waals surface area (Å²) < 4.78 is 5.81. The van der Waals surface area contributed by atoms with E-state index in [2.05, 4.69) is 0 Å². The SMILES string of the molecule is CC1(C)Cc2cccc(/C=C/C(=O)C(=O)O)c2O1. The molecule has 1 aromatic rings. The lowest BCUT2D eigenvalue weighted by Gasteiger charge is -2.17. The summed E-state index contributed by atoms with van der Waals surface area (Å²) in [5, 5.41) is 8.50. The third-order valence-electron chi connectivity index (χ3n) is 2.75. The maximum atomic E-state index is 11.0. The second kappa shape index (κ2) is 4.29. The van der Waals surface area contributed by atoms with E-state index in [1.165, 1.54) is 6.08 Å². The largest absolute Gasteiger partial charge is 0.487 e. The standard InChI is InChI=1S/C14H14O4/c1-14(2)8-10-5-3-4-9(12(10)18-14)6-7-11(15)13(16)17/h3-7H,8H2,1-2H3,(H,16,17)/b7-6+. The highest BCUT2D eigenvalue weighted by molar-refractivity contribution is 6.38. The molecule has 0 amide bonds. The van der Waals surface area contributed by atoms with Gasteiger partial charge in [-0.1, -0.05) is 18.2 Å². The first-order valence-electron chi connectivity index (χ1n) is 5.65. The van der Waals surface area contributed by atoms with E-state index in [1.807, 2.05) is 26.0 Å². The number of para-hydroxylation sites is 1. The minimum atomic E-state index is -1.46. The predicted octanol–water partition coefficient (Wildman–Crippen LogP) is 2.07. The fourth-order valence-electron chi connectivity index (χ4n) is 2.01. The Morgan fingerprint density at radius 3 is 2.78 bits per heavy atom. The molecule has 1 aliphatic rings. The molecule has 0 unspecified atom stereocenters. The van der Waals surface area contributed by atoms with Crippen LogP contribution in [-0.2, 0) is 16.0 Å². The van der Waals surface area contributed by atoms with E-state index in [0.29, 0.717) is 0 Å². The average Bonchev–Trinajstić information content (AvgIpc) is 2.59. The Balaban J connectivity index is 2.30. The highest BCUT2D eigenvalue weighted by Gasteiger charge is 2.31. The molecule has 94 valence electrons. The summed E-state index contributed by atoms with van der Waals surface area (Å²) in [6.07, 6.45) is 3.33. The van der Waals surface area contributed by atoms with E-state index >= 15 is 0 Å². The van der Waals surface area contributed by atoms with E-state index in [4.69, 9.17) is 9.84 Å².